The summed E-state index contributed by atoms with van der Waals surface area (Å²) >= 11 is -3.87. The van der Waals surface area contributed by atoms with Crippen molar-refractivity contribution in [3.63, 3.8) is 0 Å². The van der Waals surface area contributed by atoms with Crippen LogP contribution < -0.4 is 0 Å². The molecule has 0 N–H and O–H groups in total. The molecule has 2 atom stereocenters. The molecule has 0 nitrogen and oxygen atoms in total. The van der Waals surface area contributed by atoms with Gasteiger partial charge in [0.2, 0.25) is 0 Å². The van der Waals surface area contributed by atoms with E-state index in [-0.39, 0.29) is 0 Å². The van der Waals surface area contributed by atoms with Gasteiger partial charge in [-0.1, -0.05) is 0 Å². The number of halogens is 2. The molecule has 0 aromatic heterocycles. The van der Waals surface area contributed by atoms with Gasteiger partial charge in [0.25, 0.3) is 0 Å². The Morgan fingerprint density at radius 1 is 0.769 bits per heavy atom. The van der Waals surface area contributed by atoms with E-state index in [4.69, 9.17) is 18.6 Å². The molecule has 0 aromatic carbocycles. The van der Waals surface area contributed by atoms with Crippen LogP contribution in [0.25, 0.3) is 0 Å². The minimum atomic E-state index is -3.87. The third kappa shape index (κ3) is 2.71. The summed E-state index contributed by atoms with van der Waals surface area (Å²) < 4.78 is 0.804. The predicted octanol–water partition coefficient (Wildman–Crippen LogP) is 8.21. The zero-order valence-electron chi connectivity index (χ0n) is 16.8. The van der Waals surface area contributed by atoms with Gasteiger partial charge in [-0.3, -0.25) is 0 Å². The molecule has 4 heteroatoms. The molecule has 26 heavy (non-hydrogen) atoms. The second-order valence-corrected chi connectivity index (χ2v) is 38.8. The quantitative estimate of drug-likeness (QED) is 0.385. The summed E-state index contributed by atoms with van der Waals surface area (Å²) in [6.07, 6.45) is 15.2. The molecule has 0 spiro atoms. The van der Waals surface area contributed by atoms with Crippen LogP contribution in [0.15, 0.2) is 45.6 Å². The van der Waals surface area contributed by atoms with Gasteiger partial charge in [-0.2, -0.15) is 0 Å². The van der Waals surface area contributed by atoms with Crippen molar-refractivity contribution in [1.29, 1.82) is 0 Å². The molecule has 4 aliphatic rings. The summed E-state index contributed by atoms with van der Waals surface area (Å²) in [6, 6.07) is 0. The van der Waals surface area contributed by atoms with Crippen LogP contribution in [0.5, 0.6) is 0 Å². The van der Waals surface area contributed by atoms with E-state index in [1.807, 2.05) is 0 Å². The Kier molecular flexibility index (Phi) is 5.15. The first-order valence-corrected chi connectivity index (χ1v) is 22.3. The summed E-state index contributed by atoms with van der Waals surface area (Å²) in [4.78, 5) is 0. The van der Waals surface area contributed by atoms with Crippen molar-refractivity contribution in [2.45, 2.75) is 86.8 Å². The summed E-state index contributed by atoms with van der Waals surface area (Å²) in [5, 5.41) is 0. The van der Waals surface area contributed by atoms with E-state index < -0.39 is 19.1 Å². The van der Waals surface area contributed by atoms with Crippen LogP contribution in [0.1, 0.15) is 65.2 Å². The van der Waals surface area contributed by atoms with Gasteiger partial charge < -0.3 is 0 Å². The van der Waals surface area contributed by atoms with Crippen LogP contribution in [0, 0.1) is 0 Å². The van der Waals surface area contributed by atoms with Gasteiger partial charge in [0.05, 0.1) is 0 Å². The van der Waals surface area contributed by atoms with Crippen molar-refractivity contribution in [3.05, 3.63) is 45.6 Å². The molecular formula is C22H33Cl2SiTi. The van der Waals surface area contributed by atoms with E-state index in [0.717, 1.165) is 0 Å². The van der Waals surface area contributed by atoms with Gasteiger partial charge in [0, 0.05) is 0 Å². The summed E-state index contributed by atoms with van der Waals surface area (Å²) in [5.74, 6) is 0. The molecule has 0 radical (unpaired) electrons. The van der Waals surface area contributed by atoms with Crippen LogP contribution in [-0.4, -0.2) is 6.66 Å². The normalized spacial score (nSPS) is 30.8. The van der Waals surface area contributed by atoms with Crippen LogP contribution in [0.3, 0.4) is 0 Å². The van der Waals surface area contributed by atoms with Gasteiger partial charge in [0.1, 0.15) is 0 Å². The fourth-order valence-electron chi connectivity index (χ4n) is 6.53. The Morgan fingerprint density at radius 2 is 1.15 bits per heavy atom. The van der Waals surface area contributed by atoms with E-state index >= 15 is 0 Å². The Balaban J connectivity index is 1.89. The Bertz CT molecular complexity index is 711. The van der Waals surface area contributed by atoms with Crippen molar-refractivity contribution in [2.75, 3.05) is 0 Å². The molecule has 0 heterocycles. The summed E-state index contributed by atoms with van der Waals surface area (Å²) in [5.41, 5.74) is 9.52. The van der Waals surface area contributed by atoms with Crippen LogP contribution in [-0.2, 0) is 12.4 Å². The fraction of sp³-hybridized carbons (Fsp3) is 0.636. The minimum absolute atomic E-state index is 0.402. The summed E-state index contributed by atoms with van der Waals surface area (Å²) in [6.45, 7) is 8.32. The molecule has 0 bridgehead atoms. The molecule has 0 saturated heterocycles. The van der Waals surface area contributed by atoms with Gasteiger partial charge in [0.15, 0.2) is 0 Å². The predicted molar refractivity (Wildman–Crippen MR) is 117 cm³/mol. The monoisotopic (exact) mass is 443 g/mol. The fourth-order valence-corrected chi connectivity index (χ4v) is 29.6. The second kappa shape index (κ2) is 6.77. The van der Waals surface area contributed by atoms with Crippen molar-refractivity contribution in [3.8, 4) is 0 Å². The number of hydrogen-bond donors (Lipinski definition) is 0. The molecule has 0 fully saturated rings. The maximum absolute atomic E-state index is 8.04. The topological polar surface area (TPSA) is 0 Å². The first kappa shape index (κ1) is 19.8. The van der Waals surface area contributed by atoms with E-state index in [0.29, 0.717) is 8.45 Å². The van der Waals surface area contributed by atoms with Crippen molar-refractivity contribution >= 4 is 25.3 Å². The van der Waals surface area contributed by atoms with Crippen LogP contribution >= 0.6 is 18.6 Å². The van der Waals surface area contributed by atoms with Gasteiger partial charge in [-0.05, 0) is 0 Å². The first-order chi connectivity index (χ1) is 12.2. The van der Waals surface area contributed by atoms with E-state index in [9.17, 15) is 0 Å². The molecular weight excluding hydrogens is 411 g/mol. The average molecular weight is 444 g/mol. The molecule has 143 valence electrons. The molecule has 4 rings (SSSR count). The van der Waals surface area contributed by atoms with Crippen molar-refractivity contribution in [2.24, 2.45) is 0 Å². The number of rotatable bonds is 3. The van der Waals surface area contributed by atoms with Crippen LogP contribution in [0.4, 0.5) is 0 Å². The van der Waals surface area contributed by atoms with Crippen molar-refractivity contribution in [1.82, 2.24) is 0 Å². The molecule has 0 aromatic rings. The third-order valence-electron chi connectivity index (χ3n) is 7.73. The maximum atomic E-state index is 8.04. The Labute approximate surface area is 169 Å². The SMILES string of the molecule is CC1=CC2=C(CCCC2)[CH]1[Ti]([Cl])([Cl])([CH]1C(C)=CC2=C1CCCC2)[SiH](C)C. The zero-order chi connectivity index (χ0) is 18.7. The number of allylic oxidation sites excluding steroid dienone is 8. The number of hydrogen-bond acceptors (Lipinski definition) is 0. The summed E-state index contributed by atoms with van der Waals surface area (Å²) in [7, 11) is 16.1. The third-order valence-corrected chi connectivity index (χ3v) is 43.4. The molecule has 2 unspecified atom stereocenters. The van der Waals surface area contributed by atoms with E-state index in [1.54, 1.807) is 22.3 Å². The van der Waals surface area contributed by atoms with Crippen LogP contribution in [0.2, 0.25) is 21.5 Å². The molecule has 0 aliphatic heterocycles. The second-order valence-electron chi connectivity index (χ2n) is 9.54. The van der Waals surface area contributed by atoms with E-state index in [2.05, 4.69) is 39.1 Å². The molecule has 0 saturated carbocycles. The van der Waals surface area contributed by atoms with Crippen molar-refractivity contribution < 1.29 is 12.4 Å². The van der Waals surface area contributed by atoms with Gasteiger partial charge >= 0.3 is 170 Å². The Hall–Kier alpha value is 0.471. The molecule has 4 aliphatic carbocycles. The zero-order valence-corrected chi connectivity index (χ0v) is 21.0. The van der Waals surface area contributed by atoms with Gasteiger partial charge in [-0.25, -0.2) is 0 Å². The molecule has 0 amide bonds. The Morgan fingerprint density at radius 3 is 1.54 bits per heavy atom. The standard InChI is InChI=1S/2C10H13.C2H7Si.2ClH.Ti/c2*1-8-6-9-4-2-3-5-10(9)7-8;1-3-2;;;/h2*6-7H,2-5H2,1H3;3H,1-2H3;2*1H;/q;;;;;+2/p-2. The average Bonchev–Trinajstić information content (AvgIpc) is 3.10. The van der Waals surface area contributed by atoms with Gasteiger partial charge in [-0.15, -0.1) is 0 Å². The van der Waals surface area contributed by atoms with E-state index in [1.165, 1.54) is 62.5 Å². The first-order valence-electron chi connectivity index (χ1n) is 10.6.